The van der Waals surface area contributed by atoms with Crippen LogP contribution < -0.4 is 5.32 Å². The van der Waals surface area contributed by atoms with Gasteiger partial charge in [-0.15, -0.1) is 0 Å². The van der Waals surface area contributed by atoms with E-state index in [1.54, 1.807) is 12.3 Å². The zero-order valence-corrected chi connectivity index (χ0v) is 9.56. The zero-order valence-electron chi connectivity index (χ0n) is 9.56. The van der Waals surface area contributed by atoms with E-state index in [1.807, 2.05) is 6.07 Å². The maximum atomic E-state index is 11.3. The summed E-state index contributed by atoms with van der Waals surface area (Å²) in [4.78, 5) is 15.2. The van der Waals surface area contributed by atoms with Crippen LogP contribution in [-0.2, 0) is 4.74 Å². The normalized spacial score (nSPS) is 22.6. The van der Waals surface area contributed by atoms with Crippen LogP contribution in [0, 0.1) is 11.8 Å². The lowest BCUT2D eigenvalue weighted by molar-refractivity contribution is 0.0594. The van der Waals surface area contributed by atoms with Gasteiger partial charge in [0.2, 0.25) is 0 Å². The fourth-order valence-corrected chi connectivity index (χ4v) is 1.69. The summed E-state index contributed by atoms with van der Waals surface area (Å²) >= 11 is 0. The van der Waals surface area contributed by atoms with E-state index in [0.29, 0.717) is 5.69 Å². The number of ether oxygens (including phenoxy) is 1. The van der Waals surface area contributed by atoms with E-state index in [-0.39, 0.29) is 0 Å². The van der Waals surface area contributed by atoms with Gasteiger partial charge in [-0.25, -0.2) is 9.78 Å². The average Bonchev–Trinajstić information content (AvgIpc) is 3.02. The molecule has 16 heavy (non-hydrogen) atoms. The predicted molar refractivity (Wildman–Crippen MR) is 61.3 cm³/mol. The van der Waals surface area contributed by atoms with Crippen LogP contribution >= 0.6 is 0 Å². The quantitative estimate of drug-likeness (QED) is 0.788. The molecule has 4 heteroatoms. The lowest BCUT2D eigenvalue weighted by atomic mass is 10.3. The van der Waals surface area contributed by atoms with Crippen LogP contribution in [0.1, 0.15) is 23.8 Å². The number of pyridine rings is 1. The highest BCUT2D eigenvalue weighted by atomic mass is 16.5. The second-order valence-electron chi connectivity index (χ2n) is 4.28. The van der Waals surface area contributed by atoms with Crippen molar-refractivity contribution in [3.63, 3.8) is 0 Å². The molecule has 1 saturated carbocycles. The second kappa shape index (κ2) is 4.51. The van der Waals surface area contributed by atoms with Gasteiger partial charge in [0.05, 0.1) is 7.11 Å². The molecule has 1 aromatic rings. The SMILES string of the molecule is COC(=O)c1cc(NCC2CC2C)ccn1. The number of nitrogens with one attached hydrogen (secondary N) is 1. The summed E-state index contributed by atoms with van der Waals surface area (Å²) in [6.07, 6.45) is 2.91. The number of esters is 1. The molecule has 1 N–H and O–H groups in total. The lowest BCUT2D eigenvalue weighted by Gasteiger charge is -2.06. The third-order valence-corrected chi connectivity index (χ3v) is 3.00. The molecule has 86 valence electrons. The molecule has 0 amide bonds. The first-order valence-corrected chi connectivity index (χ1v) is 5.49. The van der Waals surface area contributed by atoms with Crippen LogP contribution in [0.25, 0.3) is 0 Å². The number of hydrogen-bond donors (Lipinski definition) is 1. The van der Waals surface area contributed by atoms with Gasteiger partial charge in [-0.3, -0.25) is 0 Å². The van der Waals surface area contributed by atoms with E-state index in [1.165, 1.54) is 13.5 Å². The monoisotopic (exact) mass is 220 g/mol. The lowest BCUT2D eigenvalue weighted by Crippen LogP contribution is -2.08. The molecule has 2 unspecified atom stereocenters. The molecule has 1 aromatic heterocycles. The van der Waals surface area contributed by atoms with E-state index in [2.05, 4.69) is 22.0 Å². The highest BCUT2D eigenvalue weighted by molar-refractivity contribution is 5.88. The van der Waals surface area contributed by atoms with Crippen LogP contribution in [0.3, 0.4) is 0 Å². The number of hydrogen-bond acceptors (Lipinski definition) is 4. The summed E-state index contributed by atoms with van der Waals surface area (Å²) in [5.41, 5.74) is 1.27. The van der Waals surface area contributed by atoms with Crippen molar-refractivity contribution < 1.29 is 9.53 Å². The molecule has 0 bridgehead atoms. The van der Waals surface area contributed by atoms with Crippen LogP contribution in [0.2, 0.25) is 0 Å². The minimum absolute atomic E-state index is 0.344. The molecule has 0 aromatic carbocycles. The maximum absolute atomic E-state index is 11.3. The highest BCUT2D eigenvalue weighted by Gasteiger charge is 2.31. The van der Waals surface area contributed by atoms with Crippen LogP contribution in [0.4, 0.5) is 5.69 Å². The van der Waals surface area contributed by atoms with Crippen molar-refractivity contribution in [3.05, 3.63) is 24.0 Å². The Kier molecular flexibility index (Phi) is 3.08. The summed E-state index contributed by atoms with van der Waals surface area (Å²) in [7, 11) is 1.36. The zero-order chi connectivity index (χ0) is 11.5. The molecular weight excluding hydrogens is 204 g/mol. The van der Waals surface area contributed by atoms with Gasteiger partial charge >= 0.3 is 5.97 Å². The van der Waals surface area contributed by atoms with Crippen molar-refractivity contribution in [2.45, 2.75) is 13.3 Å². The predicted octanol–water partition coefficient (Wildman–Crippen LogP) is 1.94. The Balaban J connectivity index is 1.96. The van der Waals surface area contributed by atoms with Gasteiger partial charge in [0.25, 0.3) is 0 Å². The fourth-order valence-electron chi connectivity index (χ4n) is 1.69. The van der Waals surface area contributed by atoms with Gasteiger partial charge in [-0.2, -0.15) is 0 Å². The molecule has 1 aliphatic rings. The average molecular weight is 220 g/mol. The largest absolute Gasteiger partial charge is 0.464 e. The smallest absolute Gasteiger partial charge is 0.356 e. The van der Waals surface area contributed by atoms with Gasteiger partial charge in [-0.05, 0) is 30.4 Å². The van der Waals surface area contributed by atoms with Gasteiger partial charge in [0, 0.05) is 18.4 Å². The van der Waals surface area contributed by atoms with Crippen LogP contribution in [0.15, 0.2) is 18.3 Å². The Morgan fingerprint density at radius 1 is 1.69 bits per heavy atom. The molecule has 0 spiro atoms. The Morgan fingerprint density at radius 3 is 3.06 bits per heavy atom. The Labute approximate surface area is 95.0 Å². The number of carbonyl (C=O) groups is 1. The van der Waals surface area contributed by atoms with Crippen molar-refractivity contribution in [1.29, 1.82) is 0 Å². The van der Waals surface area contributed by atoms with Crippen molar-refractivity contribution in [1.82, 2.24) is 4.98 Å². The van der Waals surface area contributed by atoms with E-state index < -0.39 is 5.97 Å². The first-order valence-electron chi connectivity index (χ1n) is 5.49. The Bertz CT molecular complexity index is 392. The molecule has 2 rings (SSSR count). The third-order valence-electron chi connectivity index (χ3n) is 3.00. The van der Waals surface area contributed by atoms with Crippen molar-refractivity contribution in [2.75, 3.05) is 19.0 Å². The number of carbonyl (C=O) groups excluding carboxylic acids is 1. The molecule has 1 heterocycles. The standard InChI is InChI=1S/C12H16N2O2/c1-8-5-9(8)7-14-10-3-4-13-11(6-10)12(15)16-2/h3-4,6,8-9H,5,7H2,1-2H3,(H,13,14). The number of anilines is 1. The Hall–Kier alpha value is -1.58. The summed E-state index contributed by atoms with van der Waals surface area (Å²) in [5.74, 6) is 1.20. The molecule has 0 aliphatic heterocycles. The summed E-state index contributed by atoms with van der Waals surface area (Å²) < 4.78 is 4.62. The van der Waals surface area contributed by atoms with Crippen molar-refractivity contribution in [2.24, 2.45) is 11.8 Å². The molecule has 1 aliphatic carbocycles. The van der Waals surface area contributed by atoms with Crippen LogP contribution in [-0.4, -0.2) is 24.6 Å². The molecular formula is C12H16N2O2. The third kappa shape index (κ3) is 2.51. The first-order chi connectivity index (χ1) is 7.70. The topological polar surface area (TPSA) is 51.2 Å². The van der Waals surface area contributed by atoms with E-state index in [0.717, 1.165) is 24.1 Å². The molecule has 4 nitrogen and oxygen atoms in total. The number of aromatic nitrogens is 1. The molecule has 1 fully saturated rings. The summed E-state index contributed by atoms with van der Waals surface area (Å²) in [6, 6.07) is 3.58. The Morgan fingerprint density at radius 2 is 2.44 bits per heavy atom. The number of rotatable bonds is 4. The summed E-state index contributed by atoms with van der Waals surface area (Å²) in [6.45, 7) is 3.21. The van der Waals surface area contributed by atoms with E-state index in [4.69, 9.17) is 0 Å². The van der Waals surface area contributed by atoms with Gasteiger partial charge in [0.15, 0.2) is 0 Å². The minimum Gasteiger partial charge on any atom is -0.464 e. The maximum Gasteiger partial charge on any atom is 0.356 e. The van der Waals surface area contributed by atoms with Crippen molar-refractivity contribution >= 4 is 11.7 Å². The van der Waals surface area contributed by atoms with E-state index >= 15 is 0 Å². The van der Waals surface area contributed by atoms with Gasteiger partial charge in [-0.1, -0.05) is 6.92 Å². The minimum atomic E-state index is -0.400. The van der Waals surface area contributed by atoms with E-state index in [9.17, 15) is 4.79 Å². The first kappa shape index (κ1) is 10.9. The molecule has 2 atom stereocenters. The highest BCUT2D eigenvalue weighted by Crippen LogP contribution is 2.37. The summed E-state index contributed by atoms with van der Waals surface area (Å²) in [5, 5.41) is 3.31. The fraction of sp³-hybridized carbons (Fsp3) is 0.500. The van der Waals surface area contributed by atoms with Crippen LogP contribution in [0.5, 0.6) is 0 Å². The van der Waals surface area contributed by atoms with Gasteiger partial charge in [0.1, 0.15) is 5.69 Å². The number of nitrogens with zero attached hydrogens (tertiary/aromatic N) is 1. The van der Waals surface area contributed by atoms with Gasteiger partial charge < -0.3 is 10.1 Å². The number of methoxy groups -OCH3 is 1. The van der Waals surface area contributed by atoms with Crippen molar-refractivity contribution in [3.8, 4) is 0 Å². The molecule has 0 radical (unpaired) electrons. The molecule has 0 saturated heterocycles. The second-order valence-corrected chi connectivity index (χ2v) is 4.28.